The number of nitrogens with one attached hydrogen (secondary N) is 1. The third-order valence-corrected chi connectivity index (χ3v) is 6.37. The van der Waals surface area contributed by atoms with Crippen molar-refractivity contribution in [2.45, 2.75) is 36.7 Å². The minimum absolute atomic E-state index is 0.0104. The minimum Gasteiger partial charge on any atom is -0.376 e. The SMILES string of the molecule is NCCCCNC(=O)c1ccc2c(c1)S(=O)(=O)N(CC1CCCO1)C2=O. The van der Waals surface area contributed by atoms with Crippen LogP contribution < -0.4 is 11.1 Å². The topological polar surface area (TPSA) is 119 Å². The highest BCUT2D eigenvalue weighted by molar-refractivity contribution is 7.90. The average molecular weight is 381 g/mol. The van der Waals surface area contributed by atoms with E-state index in [4.69, 9.17) is 10.5 Å². The Balaban J connectivity index is 1.77. The van der Waals surface area contributed by atoms with Crippen molar-refractivity contribution in [2.75, 3.05) is 26.2 Å². The number of carbonyl (C=O) groups is 2. The molecular weight excluding hydrogens is 358 g/mol. The van der Waals surface area contributed by atoms with Crippen molar-refractivity contribution in [3.05, 3.63) is 29.3 Å². The number of rotatable bonds is 7. The number of benzene rings is 1. The van der Waals surface area contributed by atoms with Crippen LogP contribution in [0, 0.1) is 0 Å². The quantitative estimate of drug-likeness (QED) is 0.663. The van der Waals surface area contributed by atoms with Crippen LogP contribution in [0.15, 0.2) is 23.1 Å². The van der Waals surface area contributed by atoms with E-state index < -0.39 is 15.9 Å². The van der Waals surface area contributed by atoms with Gasteiger partial charge in [-0.05, 0) is 50.4 Å². The van der Waals surface area contributed by atoms with Crippen LogP contribution in [0.4, 0.5) is 0 Å². The highest BCUT2D eigenvalue weighted by Gasteiger charge is 2.43. The van der Waals surface area contributed by atoms with Gasteiger partial charge < -0.3 is 15.8 Å². The lowest BCUT2D eigenvalue weighted by molar-refractivity contribution is 0.0707. The molecule has 9 heteroatoms. The molecule has 2 aliphatic heterocycles. The van der Waals surface area contributed by atoms with Crippen molar-refractivity contribution in [1.29, 1.82) is 0 Å². The first-order valence-corrected chi connectivity index (χ1v) is 10.2. The Morgan fingerprint density at radius 3 is 2.85 bits per heavy atom. The van der Waals surface area contributed by atoms with Gasteiger partial charge in [0.15, 0.2) is 0 Å². The number of unbranched alkanes of at least 4 members (excludes halogenated alkanes) is 1. The number of amides is 2. The van der Waals surface area contributed by atoms with Gasteiger partial charge in [-0.25, -0.2) is 12.7 Å². The van der Waals surface area contributed by atoms with E-state index in [0.717, 1.165) is 30.0 Å². The van der Waals surface area contributed by atoms with Crippen LogP contribution in [-0.2, 0) is 14.8 Å². The number of carbonyl (C=O) groups excluding carboxylic acids is 2. The molecule has 1 atom stereocenters. The van der Waals surface area contributed by atoms with Gasteiger partial charge in [0.05, 0.1) is 18.2 Å². The Morgan fingerprint density at radius 2 is 2.15 bits per heavy atom. The maximum absolute atomic E-state index is 12.8. The van der Waals surface area contributed by atoms with Gasteiger partial charge in [0.25, 0.3) is 21.8 Å². The molecule has 142 valence electrons. The maximum Gasteiger partial charge on any atom is 0.269 e. The second-order valence-corrected chi connectivity index (χ2v) is 8.27. The van der Waals surface area contributed by atoms with Crippen LogP contribution >= 0.6 is 0 Å². The summed E-state index contributed by atoms with van der Waals surface area (Å²) in [6.07, 6.45) is 2.86. The van der Waals surface area contributed by atoms with Crippen molar-refractivity contribution in [3.8, 4) is 0 Å². The molecule has 0 spiro atoms. The Hall–Kier alpha value is -1.97. The number of fused-ring (bicyclic) bond motifs is 1. The predicted molar refractivity (Wildman–Crippen MR) is 94.3 cm³/mol. The van der Waals surface area contributed by atoms with E-state index in [1.54, 1.807) is 0 Å². The smallest absolute Gasteiger partial charge is 0.269 e. The zero-order valence-electron chi connectivity index (χ0n) is 14.4. The number of sulfonamides is 1. The molecule has 1 aromatic rings. The highest BCUT2D eigenvalue weighted by atomic mass is 32.2. The van der Waals surface area contributed by atoms with Gasteiger partial charge in [-0.3, -0.25) is 9.59 Å². The molecule has 8 nitrogen and oxygen atoms in total. The zero-order chi connectivity index (χ0) is 18.7. The minimum atomic E-state index is -3.96. The third-order valence-electron chi connectivity index (χ3n) is 4.58. The summed E-state index contributed by atoms with van der Waals surface area (Å²) < 4.78 is 31.8. The van der Waals surface area contributed by atoms with E-state index >= 15 is 0 Å². The maximum atomic E-state index is 12.8. The number of ether oxygens (including phenoxy) is 1. The summed E-state index contributed by atoms with van der Waals surface area (Å²) >= 11 is 0. The zero-order valence-corrected chi connectivity index (χ0v) is 15.3. The van der Waals surface area contributed by atoms with Gasteiger partial charge in [0.1, 0.15) is 4.90 Å². The van der Waals surface area contributed by atoms with E-state index in [9.17, 15) is 18.0 Å². The molecule has 26 heavy (non-hydrogen) atoms. The first kappa shape index (κ1) is 18.8. The fourth-order valence-corrected chi connectivity index (χ4v) is 4.77. The lowest BCUT2D eigenvalue weighted by Crippen LogP contribution is -2.36. The Morgan fingerprint density at radius 1 is 1.35 bits per heavy atom. The first-order valence-electron chi connectivity index (χ1n) is 8.76. The molecule has 3 N–H and O–H groups in total. The van der Waals surface area contributed by atoms with Crippen LogP contribution in [-0.4, -0.2) is 56.9 Å². The van der Waals surface area contributed by atoms with E-state index in [1.165, 1.54) is 18.2 Å². The second-order valence-electron chi connectivity index (χ2n) is 6.44. The molecular formula is C17H23N3O5S. The second kappa shape index (κ2) is 7.73. The fraction of sp³-hybridized carbons (Fsp3) is 0.529. The largest absolute Gasteiger partial charge is 0.376 e. The summed E-state index contributed by atoms with van der Waals surface area (Å²) in [6.45, 7) is 1.60. The molecule has 1 aromatic carbocycles. The molecule has 3 rings (SSSR count). The Bertz CT molecular complexity index is 803. The third kappa shape index (κ3) is 3.60. The monoisotopic (exact) mass is 381 g/mol. The summed E-state index contributed by atoms with van der Waals surface area (Å²) in [5.41, 5.74) is 5.72. The van der Waals surface area contributed by atoms with Crippen molar-refractivity contribution < 1.29 is 22.7 Å². The number of nitrogens with two attached hydrogens (primary N) is 1. The molecule has 0 saturated carbocycles. The molecule has 0 aromatic heterocycles. The van der Waals surface area contributed by atoms with Crippen molar-refractivity contribution in [3.63, 3.8) is 0 Å². The van der Waals surface area contributed by atoms with Gasteiger partial charge in [0.2, 0.25) is 0 Å². The van der Waals surface area contributed by atoms with Crippen LogP contribution in [0.25, 0.3) is 0 Å². The van der Waals surface area contributed by atoms with Gasteiger partial charge in [0, 0.05) is 18.7 Å². The van der Waals surface area contributed by atoms with E-state index in [2.05, 4.69) is 5.32 Å². The lowest BCUT2D eigenvalue weighted by atomic mass is 10.1. The molecule has 2 heterocycles. The molecule has 2 aliphatic rings. The van der Waals surface area contributed by atoms with Gasteiger partial charge in [-0.1, -0.05) is 0 Å². The average Bonchev–Trinajstić information content (AvgIpc) is 3.20. The van der Waals surface area contributed by atoms with Crippen LogP contribution in [0.2, 0.25) is 0 Å². The number of hydrogen-bond acceptors (Lipinski definition) is 6. The fourth-order valence-electron chi connectivity index (χ4n) is 3.14. The molecule has 2 amide bonds. The molecule has 0 bridgehead atoms. The Kier molecular flexibility index (Phi) is 5.59. The molecule has 0 aliphatic carbocycles. The Labute approximate surface area is 152 Å². The van der Waals surface area contributed by atoms with Crippen molar-refractivity contribution >= 4 is 21.8 Å². The summed E-state index contributed by atoms with van der Waals surface area (Å²) in [5.74, 6) is -0.935. The number of nitrogens with zero attached hydrogens (tertiary/aromatic N) is 1. The highest BCUT2D eigenvalue weighted by Crippen LogP contribution is 2.32. The summed E-state index contributed by atoms with van der Waals surface area (Å²) in [5, 5.41) is 2.73. The summed E-state index contributed by atoms with van der Waals surface area (Å²) in [4.78, 5) is 24.6. The predicted octanol–water partition coefficient (Wildman–Crippen LogP) is 0.479. The summed E-state index contributed by atoms with van der Waals surface area (Å²) in [6, 6.07) is 4.15. The normalized spacial score (nSPS) is 21.0. The van der Waals surface area contributed by atoms with E-state index in [1.807, 2.05) is 0 Å². The number of hydrogen-bond donors (Lipinski definition) is 2. The van der Waals surface area contributed by atoms with E-state index in [-0.39, 0.29) is 34.6 Å². The van der Waals surface area contributed by atoms with Gasteiger partial charge in [-0.2, -0.15) is 0 Å². The van der Waals surface area contributed by atoms with Crippen molar-refractivity contribution in [2.24, 2.45) is 5.73 Å². The standard InChI is InChI=1S/C17H23N3O5S/c18-7-1-2-8-19-16(21)12-5-6-14-15(10-12)26(23,24)20(17(14)22)11-13-4-3-9-25-13/h5-6,10,13H,1-4,7-9,11,18H2,(H,19,21). The molecule has 0 radical (unpaired) electrons. The summed E-state index contributed by atoms with van der Waals surface area (Å²) in [7, 11) is -3.96. The molecule has 1 unspecified atom stereocenters. The molecule has 1 saturated heterocycles. The van der Waals surface area contributed by atoms with Crippen LogP contribution in [0.1, 0.15) is 46.4 Å². The van der Waals surface area contributed by atoms with E-state index in [0.29, 0.717) is 19.7 Å². The van der Waals surface area contributed by atoms with Gasteiger partial charge in [-0.15, -0.1) is 0 Å². The van der Waals surface area contributed by atoms with Crippen molar-refractivity contribution in [1.82, 2.24) is 9.62 Å². The molecule has 1 fully saturated rings. The van der Waals surface area contributed by atoms with Gasteiger partial charge >= 0.3 is 0 Å². The van der Waals surface area contributed by atoms with Crippen LogP contribution in [0.3, 0.4) is 0 Å². The lowest BCUT2D eigenvalue weighted by Gasteiger charge is -2.18. The first-order chi connectivity index (χ1) is 12.4. The van der Waals surface area contributed by atoms with Crippen LogP contribution in [0.5, 0.6) is 0 Å².